The maximum atomic E-state index is 12.0. The summed E-state index contributed by atoms with van der Waals surface area (Å²) < 4.78 is 10.5. The molecule has 116 valence electrons. The Morgan fingerprint density at radius 3 is 2.32 bits per heavy atom. The first kappa shape index (κ1) is 15.9. The quantitative estimate of drug-likeness (QED) is 0.805. The smallest absolute Gasteiger partial charge is 0.265 e. The Balaban J connectivity index is 2.00. The lowest BCUT2D eigenvalue weighted by Crippen LogP contribution is -2.39. The van der Waals surface area contributed by atoms with Crippen LogP contribution in [0.25, 0.3) is 0 Å². The highest BCUT2D eigenvalue weighted by atomic mass is 16.5. The molecule has 0 heterocycles. The molecule has 2 aromatic rings. The first-order chi connectivity index (χ1) is 10.7. The molecular weight excluding hydrogens is 280 g/mol. The van der Waals surface area contributed by atoms with Crippen LogP contribution in [0.15, 0.2) is 48.5 Å². The molecule has 2 aromatic carbocycles. The van der Waals surface area contributed by atoms with Gasteiger partial charge in [0.15, 0.2) is 11.5 Å². The molecule has 1 atom stereocenters. The normalized spacial score (nSPS) is 11.6. The number of hydrazine groups is 1. The van der Waals surface area contributed by atoms with E-state index in [1.807, 2.05) is 43.3 Å². The zero-order chi connectivity index (χ0) is 15.9. The topological polar surface area (TPSA) is 59.6 Å². The number of rotatable bonds is 6. The Morgan fingerprint density at radius 1 is 1.00 bits per heavy atom. The van der Waals surface area contributed by atoms with E-state index in [0.29, 0.717) is 17.1 Å². The van der Waals surface area contributed by atoms with E-state index in [4.69, 9.17) is 9.47 Å². The minimum absolute atomic E-state index is 0.0764. The van der Waals surface area contributed by atoms with E-state index in [-0.39, 0.29) is 11.9 Å². The molecule has 1 amide bonds. The third-order valence-electron chi connectivity index (χ3n) is 3.35. The molecule has 5 heteroatoms. The monoisotopic (exact) mass is 300 g/mol. The highest BCUT2D eigenvalue weighted by Crippen LogP contribution is 2.29. The first-order valence-electron chi connectivity index (χ1n) is 6.98. The molecule has 2 N–H and O–H groups in total. The summed E-state index contributed by atoms with van der Waals surface area (Å²) in [6, 6.07) is 14.6. The van der Waals surface area contributed by atoms with Gasteiger partial charge in [-0.25, -0.2) is 5.43 Å². The van der Waals surface area contributed by atoms with Crippen LogP contribution in [0.1, 0.15) is 28.9 Å². The highest BCUT2D eigenvalue weighted by Gasteiger charge is 2.11. The Morgan fingerprint density at radius 2 is 1.68 bits per heavy atom. The molecule has 0 saturated heterocycles. The Bertz CT molecular complexity index is 629. The van der Waals surface area contributed by atoms with E-state index in [1.54, 1.807) is 26.4 Å². The number of hydrogen-bond acceptors (Lipinski definition) is 4. The molecular formula is C17H20N2O3. The second-order valence-electron chi connectivity index (χ2n) is 4.80. The maximum Gasteiger partial charge on any atom is 0.265 e. The van der Waals surface area contributed by atoms with Gasteiger partial charge in [-0.15, -0.1) is 0 Å². The van der Waals surface area contributed by atoms with Gasteiger partial charge >= 0.3 is 0 Å². The predicted molar refractivity (Wildman–Crippen MR) is 85.0 cm³/mol. The van der Waals surface area contributed by atoms with Crippen LogP contribution >= 0.6 is 0 Å². The van der Waals surface area contributed by atoms with E-state index in [1.165, 1.54) is 0 Å². The van der Waals surface area contributed by atoms with Crippen molar-refractivity contribution in [3.05, 3.63) is 59.7 Å². The second-order valence-corrected chi connectivity index (χ2v) is 4.80. The lowest BCUT2D eigenvalue weighted by atomic mass is 10.1. The van der Waals surface area contributed by atoms with Gasteiger partial charge in [0, 0.05) is 11.6 Å². The summed E-state index contributed by atoms with van der Waals surface area (Å²) in [6.45, 7) is 1.95. The van der Waals surface area contributed by atoms with Crippen molar-refractivity contribution < 1.29 is 14.3 Å². The third-order valence-corrected chi connectivity index (χ3v) is 3.35. The van der Waals surface area contributed by atoms with E-state index in [9.17, 15) is 4.79 Å². The van der Waals surface area contributed by atoms with Crippen LogP contribution in [0.3, 0.4) is 0 Å². The molecule has 0 radical (unpaired) electrons. The average molecular weight is 300 g/mol. The first-order valence-corrected chi connectivity index (χ1v) is 6.98. The fraction of sp³-hybridized carbons (Fsp3) is 0.235. The SMILES string of the molecule is COc1ccc([C@H](C)NNC(=O)c2ccccc2)cc1OC. The van der Waals surface area contributed by atoms with Crippen molar-refractivity contribution in [3.63, 3.8) is 0 Å². The lowest BCUT2D eigenvalue weighted by molar-refractivity contribution is 0.0926. The fourth-order valence-electron chi connectivity index (χ4n) is 2.04. The van der Waals surface area contributed by atoms with E-state index >= 15 is 0 Å². The molecule has 0 aliphatic rings. The summed E-state index contributed by atoms with van der Waals surface area (Å²) in [5.74, 6) is 1.16. The fourth-order valence-corrected chi connectivity index (χ4v) is 2.04. The van der Waals surface area contributed by atoms with Crippen molar-refractivity contribution in [1.29, 1.82) is 0 Å². The van der Waals surface area contributed by atoms with Gasteiger partial charge in [0.25, 0.3) is 5.91 Å². The minimum atomic E-state index is -0.173. The molecule has 0 aliphatic heterocycles. The molecule has 0 unspecified atom stereocenters. The van der Waals surface area contributed by atoms with Crippen LogP contribution in [0, 0.1) is 0 Å². The molecule has 2 rings (SSSR count). The maximum absolute atomic E-state index is 12.0. The molecule has 22 heavy (non-hydrogen) atoms. The predicted octanol–water partition coefficient (Wildman–Crippen LogP) is 2.70. The van der Waals surface area contributed by atoms with Crippen LogP contribution < -0.4 is 20.3 Å². The van der Waals surface area contributed by atoms with Gasteiger partial charge in [-0.3, -0.25) is 10.2 Å². The zero-order valence-corrected chi connectivity index (χ0v) is 12.9. The Kier molecular flexibility index (Phi) is 5.38. The van der Waals surface area contributed by atoms with Crippen molar-refractivity contribution >= 4 is 5.91 Å². The van der Waals surface area contributed by atoms with Gasteiger partial charge in [-0.1, -0.05) is 24.3 Å². The number of hydrogen-bond donors (Lipinski definition) is 2. The minimum Gasteiger partial charge on any atom is -0.493 e. The number of nitrogens with one attached hydrogen (secondary N) is 2. The Hall–Kier alpha value is -2.53. The standard InChI is InChI=1S/C17H20N2O3/c1-12(14-9-10-15(21-2)16(11-14)22-3)18-19-17(20)13-7-5-4-6-8-13/h4-12,18H,1-3H3,(H,19,20)/t12-/m0/s1. The molecule has 5 nitrogen and oxygen atoms in total. The van der Waals surface area contributed by atoms with Gasteiger partial charge < -0.3 is 9.47 Å². The van der Waals surface area contributed by atoms with E-state index in [0.717, 1.165) is 5.56 Å². The van der Waals surface area contributed by atoms with Gasteiger partial charge in [0.1, 0.15) is 0 Å². The zero-order valence-electron chi connectivity index (χ0n) is 12.9. The summed E-state index contributed by atoms with van der Waals surface area (Å²) in [6.07, 6.45) is 0. The van der Waals surface area contributed by atoms with Gasteiger partial charge in [0.2, 0.25) is 0 Å². The molecule has 0 bridgehead atoms. The van der Waals surface area contributed by atoms with Crippen LogP contribution in [0.5, 0.6) is 11.5 Å². The lowest BCUT2D eigenvalue weighted by Gasteiger charge is -2.17. The number of carbonyl (C=O) groups is 1. The number of benzene rings is 2. The van der Waals surface area contributed by atoms with Crippen molar-refractivity contribution in [2.45, 2.75) is 13.0 Å². The van der Waals surface area contributed by atoms with Gasteiger partial charge in [-0.05, 0) is 36.8 Å². The summed E-state index contributed by atoms with van der Waals surface area (Å²) in [5, 5.41) is 0. The molecule has 0 saturated carbocycles. The molecule has 0 spiro atoms. The van der Waals surface area contributed by atoms with Crippen molar-refractivity contribution in [2.75, 3.05) is 14.2 Å². The summed E-state index contributed by atoms with van der Waals surface area (Å²) in [4.78, 5) is 12.0. The van der Waals surface area contributed by atoms with Gasteiger partial charge in [0.05, 0.1) is 14.2 Å². The largest absolute Gasteiger partial charge is 0.493 e. The second kappa shape index (κ2) is 7.47. The van der Waals surface area contributed by atoms with E-state index < -0.39 is 0 Å². The summed E-state index contributed by atoms with van der Waals surface area (Å²) in [7, 11) is 3.19. The van der Waals surface area contributed by atoms with Crippen LogP contribution in [0.2, 0.25) is 0 Å². The number of carbonyl (C=O) groups excluding carboxylic acids is 1. The average Bonchev–Trinajstić information content (AvgIpc) is 2.59. The van der Waals surface area contributed by atoms with Crippen molar-refractivity contribution in [2.24, 2.45) is 0 Å². The van der Waals surface area contributed by atoms with Crippen LogP contribution in [-0.4, -0.2) is 20.1 Å². The van der Waals surface area contributed by atoms with Crippen LogP contribution in [-0.2, 0) is 0 Å². The highest BCUT2D eigenvalue weighted by molar-refractivity contribution is 5.93. The van der Waals surface area contributed by atoms with E-state index in [2.05, 4.69) is 10.9 Å². The summed E-state index contributed by atoms with van der Waals surface area (Å²) in [5.41, 5.74) is 7.28. The van der Waals surface area contributed by atoms with Crippen molar-refractivity contribution in [1.82, 2.24) is 10.9 Å². The number of amides is 1. The van der Waals surface area contributed by atoms with Crippen LogP contribution in [0.4, 0.5) is 0 Å². The van der Waals surface area contributed by atoms with Crippen molar-refractivity contribution in [3.8, 4) is 11.5 Å². The number of ether oxygens (including phenoxy) is 2. The molecule has 0 aliphatic carbocycles. The third kappa shape index (κ3) is 3.77. The van der Waals surface area contributed by atoms with Gasteiger partial charge in [-0.2, -0.15) is 0 Å². The number of methoxy groups -OCH3 is 2. The Labute approximate surface area is 130 Å². The molecule has 0 fully saturated rings. The molecule has 0 aromatic heterocycles. The summed E-state index contributed by atoms with van der Waals surface area (Å²) >= 11 is 0.